The van der Waals surface area contributed by atoms with E-state index in [1.54, 1.807) is 6.07 Å². The number of carbonyl (C=O) groups excluding carboxylic acids is 1. The Hall–Kier alpha value is -1.87. The van der Waals surface area contributed by atoms with Gasteiger partial charge in [0.05, 0.1) is 17.6 Å². The highest BCUT2D eigenvalue weighted by Gasteiger charge is 2.32. The predicted molar refractivity (Wildman–Crippen MR) is 85.4 cm³/mol. The van der Waals surface area contributed by atoms with Gasteiger partial charge in [0.15, 0.2) is 15.6 Å². The fourth-order valence-corrected chi connectivity index (χ4v) is 3.81. The molecule has 0 spiro atoms. The first-order valence-electron chi connectivity index (χ1n) is 7.11. The maximum Gasteiger partial charge on any atom is 0.391 e. The molecule has 0 radical (unpaired) electrons. The monoisotopic (exact) mass is 394 g/mol. The first-order valence-corrected chi connectivity index (χ1v) is 9.14. The van der Waals surface area contributed by atoms with Gasteiger partial charge in [-0.15, -0.1) is 0 Å². The van der Waals surface area contributed by atoms with E-state index in [1.807, 2.05) is 0 Å². The number of carbonyl (C=O) groups is 1. The number of hydrogen-bond donors (Lipinski definition) is 0. The van der Waals surface area contributed by atoms with Crippen LogP contribution in [0.15, 0.2) is 41.6 Å². The lowest BCUT2D eigenvalue weighted by Gasteiger charge is -2.16. The molecule has 0 bridgehead atoms. The Balaban J connectivity index is 2.21. The number of Topliss-reactive ketones (excluding diaryl/α,β-unsaturated/α-hetero) is 1. The summed E-state index contributed by atoms with van der Waals surface area (Å²) in [7, 11) is -3.90. The molecule has 1 unspecified atom stereocenters. The van der Waals surface area contributed by atoms with Gasteiger partial charge < -0.3 is 4.57 Å². The molecule has 2 rings (SSSR count). The minimum absolute atomic E-state index is 0.0376. The summed E-state index contributed by atoms with van der Waals surface area (Å²) in [6.45, 7) is 1.27. The third kappa shape index (κ3) is 4.82. The Kier molecular flexibility index (Phi) is 5.58. The van der Waals surface area contributed by atoms with Gasteiger partial charge in [0.1, 0.15) is 16.6 Å². The molecule has 0 amide bonds. The van der Waals surface area contributed by atoms with Crippen LogP contribution in [0.1, 0.15) is 29.9 Å². The van der Waals surface area contributed by atoms with E-state index in [0.29, 0.717) is 0 Å². The van der Waals surface area contributed by atoms with E-state index >= 15 is 0 Å². The molecule has 0 aliphatic carbocycles. The van der Waals surface area contributed by atoms with Crippen molar-refractivity contribution in [3.8, 4) is 0 Å². The third-order valence-corrected chi connectivity index (χ3v) is 5.43. The number of alkyl halides is 3. The van der Waals surface area contributed by atoms with Crippen molar-refractivity contribution in [1.29, 1.82) is 0 Å². The van der Waals surface area contributed by atoms with Gasteiger partial charge >= 0.3 is 6.18 Å². The van der Waals surface area contributed by atoms with E-state index in [1.165, 1.54) is 31.2 Å². The molecule has 1 atom stereocenters. The van der Waals surface area contributed by atoms with Crippen LogP contribution in [0.25, 0.3) is 0 Å². The lowest BCUT2D eigenvalue weighted by Crippen LogP contribution is -2.18. The highest BCUT2D eigenvalue weighted by molar-refractivity contribution is 7.92. The van der Waals surface area contributed by atoms with Crippen LogP contribution in [0, 0.1) is 0 Å². The second-order valence-electron chi connectivity index (χ2n) is 5.45. The van der Waals surface area contributed by atoms with Crippen molar-refractivity contribution < 1.29 is 26.4 Å². The summed E-state index contributed by atoms with van der Waals surface area (Å²) >= 11 is 5.94. The molecule has 0 fully saturated rings. The van der Waals surface area contributed by atoms with Gasteiger partial charge in [0.2, 0.25) is 0 Å². The summed E-state index contributed by atoms with van der Waals surface area (Å²) in [6.07, 6.45) is -4.56. The van der Waals surface area contributed by atoms with E-state index in [2.05, 4.69) is 4.98 Å². The molecule has 0 saturated heterocycles. The zero-order chi connectivity index (χ0) is 18.8. The van der Waals surface area contributed by atoms with Crippen LogP contribution in [-0.4, -0.2) is 35.7 Å². The van der Waals surface area contributed by atoms with Gasteiger partial charge in [-0.25, -0.2) is 13.4 Å². The van der Waals surface area contributed by atoms with Crippen molar-refractivity contribution in [2.75, 3.05) is 5.75 Å². The average molecular weight is 395 g/mol. The maximum absolute atomic E-state index is 12.5. The summed E-state index contributed by atoms with van der Waals surface area (Å²) in [4.78, 5) is 15.9. The number of aromatic nitrogens is 2. The lowest BCUT2D eigenvalue weighted by molar-refractivity contribution is -0.141. The minimum atomic E-state index is -4.41. The molecular weight excluding hydrogens is 381 g/mol. The number of imidazole rings is 1. The molecule has 0 N–H and O–H groups in total. The molecule has 0 saturated carbocycles. The summed E-state index contributed by atoms with van der Waals surface area (Å²) in [5, 5.41) is -0.315. The second-order valence-corrected chi connectivity index (χ2v) is 7.80. The SMILES string of the molecule is CC(CC(F)(F)F)n1cnc(C(=O)CS(=O)(=O)c2ccccc2)c1Cl. The first-order chi connectivity index (χ1) is 11.5. The highest BCUT2D eigenvalue weighted by Crippen LogP contribution is 2.30. The number of nitrogens with zero attached hydrogens (tertiary/aromatic N) is 2. The van der Waals surface area contributed by atoms with Crippen molar-refractivity contribution in [2.24, 2.45) is 0 Å². The average Bonchev–Trinajstić information content (AvgIpc) is 2.88. The van der Waals surface area contributed by atoms with Gasteiger partial charge in [-0.05, 0) is 19.1 Å². The number of hydrogen-bond acceptors (Lipinski definition) is 4. The number of sulfone groups is 1. The van der Waals surface area contributed by atoms with Crippen molar-refractivity contribution in [3.63, 3.8) is 0 Å². The lowest BCUT2D eigenvalue weighted by atomic mass is 10.2. The van der Waals surface area contributed by atoms with Crippen LogP contribution in [0.5, 0.6) is 0 Å². The Morgan fingerprint density at radius 2 is 1.88 bits per heavy atom. The molecule has 1 heterocycles. The smallest absolute Gasteiger partial charge is 0.318 e. The van der Waals surface area contributed by atoms with Crippen molar-refractivity contribution in [1.82, 2.24) is 9.55 Å². The van der Waals surface area contributed by atoms with Crippen molar-refractivity contribution in [2.45, 2.75) is 30.5 Å². The van der Waals surface area contributed by atoms with Gasteiger partial charge in [0, 0.05) is 6.04 Å². The fraction of sp³-hybridized carbons (Fsp3) is 0.333. The third-order valence-electron chi connectivity index (χ3n) is 3.42. The number of halogens is 4. The fourth-order valence-electron chi connectivity index (χ4n) is 2.23. The zero-order valence-corrected chi connectivity index (χ0v) is 14.6. The molecule has 136 valence electrons. The van der Waals surface area contributed by atoms with Gasteiger partial charge in [-0.2, -0.15) is 13.2 Å². The number of rotatable bonds is 6. The minimum Gasteiger partial charge on any atom is -0.318 e. The van der Waals surface area contributed by atoms with Gasteiger partial charge in [-0.1, -0.05) is 29.8 Å². The Morgan fingerprint density at radius 3 is 2.44 bits per heavy atom. The van der Waals surface area contributed by atoms with Crippen LogP contribution in [0.2, 0.25) is 5.15 Å². The Labute approximate surface area is 147 Å². The normalized spacial score (nSPS) is 13.6. The molecule has 1 aromatic carbocycles. The number of ketones is 1. The largest absolute Gasteiger partial charge is 0.391 e. The molecule has 5 nitrogen and oxygen atoms in total. The van der Waals surface area contributed by atoms with Crippen LogP contribution in [0.4, 0.5) is 13.2 Å². The summed E-state index contributed by atoms with van der Waals surface area (Å²) in [6, 6.07) is 6.26. The summed E-state index contributed by atoms with van der Waals surface area (Å²) in [5.41, 5.74) is -0.366. The highest BCUT2D eigenvalue weighted by atomic mass is 35.5. The van der Waals surface area contributed by atoms with E-state index in [-0.39, 0.29) is 15.7 Å². The summed E-state index contributed by atoms with van der Waals surface area (Å²) in [5.74, 6) is -1.76. The van der Waals surface area contributed by atoms with Crippen LogP contribution in [-0.2, 0) is 9.84 Å². The maximum atomic E-state index is 12.5. The van der Waals surface area contributed by atoms with Crippen LogP contribution in [0.3, 0.4) is 0 Å². The second kappa shape index (κ2) is 7.17. The molecular formula is C15H14ClF3N2O3S. The predicted octanol–water partition coefficient (Wildman–Crippen LogP) is 3.71. The molecule has 2 aromatic rings. The molecule has 1 aromatic heterocycles. The zero-order valence-electron chi connectivity index (χ0n) is 13.0. The van der Waals surface area contributed by atoms with Crippen molar-refractivity contribution in [3.05, 3.63) is 47.5 Å². The van der Waals surface area contributed by atoms with Gasteiger partial charge in [-0.3, -0.25) is 4.79 Å². The van der Waals surface area contributed by atoms with Crippen LogP contribution >= 0.6 is 11.6 Å². The Morgan fingerprint density at radius 1 is 1.28 bits per heavy atom. The Bertz CT molecular complexity index is 864. The van der Waals surface area contributed by atoms with E-state index in [0.717, 1.165) is 10.9 Å². The quantitative estimate of drug-likeness (QED) is 0.700. The van der Waals surface area contributed by atoms with Gasteiger partial charge in [0.25, 0.3) is 0 Å². The first kappa shape index (κ1) is 19.5. The topological polar surface area (TPSA) is 69.0 Å². The molecule has 0 aliphatic rings. The van der Waals surface area contributed by atoms with E-state index < -0.39 is 40.0 Å². The van der Waals surface area contributed by atoms with Crippen LogP contribution < -0.4 is 0 Å². The molecule has 25 heavy (non-hydrogen) atoms. The standard InChI is InChI=1S/C15H14ClF3N2O3S/c1-10(7-15(17,18)19)21-9-20-13(14(21)16)12(22)8-25(23,24)11-5-3-2-4-6-11/h2-6,9-10H,7-8H2,1H3. The van der Waals surface area contributed by atoms with Crippen molar-refractivity contribution >= 4 is 27.2 Å². The van der Waals surface area contributed by atoms with E-state index in [4.69, 9.17) is 11.6 Å². The molecule has 0 aliphatic heterocycles. The number of benzene rings is 1. The summed E-state index contributed by atoms with van der Waals surface area (Å²) < 4.78 is 62.8. The molecule has 10 heteroatoms. The van der Waals surface area contributed by atoms with E-state index in [9.17, 15) is 26.4 Å².